The van der Waals surface area contributed by atoms with E-state index in [9.17, 15) is 4.79 Å². The molecule has 0 spiro atoms. The van der Waals surface area contributed by atoms with Gasteiger partial charge in [0.1, 0.15) is 5.82 Å². The molecular formula is C20H22ClN3O2. The number of aryl methyl sites for hydroxylation is 1. The highest BCUT2D eigenvalue weighted by Crippen LogP contribution is 2.34. The van der Waals surface area contributed by atoms with Crippen LogP contribution in [0.15, 0.2) is 36.4 Å². The van der Waals surface area contributed by atoms with E-state index in [0.29, 0.717) is 16.3 Å². The molecule has 0 atom stereocenters. The first kappa shape index (κ1) is 18.3. The van der Waals surface area contributed by atoms with Gasteiger partial charge in [-0.25, -0.2) is 9.78 Å². The Bertz CT molecular complexity index is 950. The van der Waals surface area contributed by atoms with Crippen LogP contribution in [0.3, 0.4) is 0 Å². The molecular weight excluding hydrogens is 350 g/mol. The number of benzene rings is 2. The number of nitrogens with two attached hydrogens (primary N) is 1. The van der Waals surface area contributed by atoms with E-state index in [-0.39, 0.29) is 5.97 Å². The molecule has 0 amide bonds. The quantitative estimate of drug-likeness (QED) is 0.379. The standard InChI is InChI=1S/C20H22ClN3O2/c1-3-4-5-11-24-17-10-9-13(20(25)26-2)12-16(17)23-19(24)14-7-6-8-15(22)18(14)21/h6-10,12H,3-5,11,22H2,1-2H3. The van der Waals surface area contributed by atoms with Gasteiger partial charge >= 0.3 is 5.97 Å². The predicted molar refractivity (Wildman–Crippen MR) is 105 cm³/mol. The summed E-state index contributed by atoms with van der Waals surface area (Å²) in [4.78, 5) is 16.6. The van der Waals surface area contributed by atoms with Crippen molar-refractivity contribution in [3.63, 3.8) is 0 Å². The number of unbranched alkanes of at least 4 members (excludes halogenated alkanes) is 2. The summed E-state index contributed by atoms with van der Waals surface area (Å²) in [5, 5.41) is 0.493. The Labute approximate surface area is 157 Å². The largest absolute Gasteiger partial charge is 0.465 e. The van der Waals surface area contributed by atoms with Gasteiger partial charge in [-0.05, 0) is 36.8 Å². The Morgan fingerprint density at radius 2 is 2.08 bits per heavy atom. The molecule has 1 aromatic heterocycles. The number of ether oxygens (including phenoxy) is 1. The molecule has 0 fully saturated rings. The first-order valence-corrected chi connectivity index (χ1v) is 9.07. The van der Waals surface area contributed by atoms with Gasteiger partial charge in [0.2, 0.25) is 0 Å². The third-order valence-corrected chi connectivity index (χ3v) is 4.85. The molecule has 0 unspecified atom stereocenters. The summed E-state index contributed by atoms with van der Waals surface area (Å²) in [6.07, 6.45) is 3.30. The number of nitrogen functional groups attached to an aromatic ring is 1. The second-order valence-corrected chi connectivity index (χ2v) is 6.58. The van der Waals surface area contributed by atoms with Gasteiger partial charge in [-0.2, -0.15) is 0 Å². The van der Waals surface area contributed by atoms with Crippen LogP contribution in [0.25, 0.3) is 22.4 Å². The van der Waals surface area contributed by atoms with Crippen molar-refractivity contribution >= 4 is 34.3 Å². The second-order valence-electron chi connectivity index (χ2n) is 6.20. The lowest BCUT2D eigenvalue weighted by Crippen LogP contribution is -2.03. The molecule has 26 heavy (non-hydrogen) atoms. The van der Waals surface area contributed by atoms with E-state index in [1.807, 2.05) is 18.2 Å². The minimum absolute atomic E-state index is 0.379. The number of fused-ring (bicyclic) bond motifs is 1. The van der Waals surface area contributed by atoms with E-state index in [4.69, 9.17) is 27.1 Å². The molecule has 2 aromatic carbocycles. The van der Waals surface area contributed by atoms with Crippen molar-refractivity contribution in [3.8, 4) is 11.4 Å². The Balaban J connectivity index is 2.17. The number of rotatable bonds is 6. The number of carbonyl (C=O) groups excluding carboxylic acids is 1. The van der Waals surface area contributed by atoms with Crippen molar-refractivity contribution < 1.29 is 9.53 Å². The summed E-state index contributed by atoms with van der Waals surface area (Å²) in [5.41, 5.74) is 9.46. The van der Waals surface area contributed by atoms with Crippen LogP contribution in [0.1, 0.15) is 36.5 Å². The fraction of sp³-hybridized carbons (Fsp3) is 0.300. The number of carbonyl (C=O) groups is 1. The molecule has 0 aliphatic rings. The third-order valence-electron chi connectivity index (χ3n) is 4.42. The van der Waals surface area contributed by atoms with Gasteiger partial charge in [0.05, 0.1) is 34.4 Å². The van der Waals surface area contributed by atoms with Crippen LogP contribution in [0, 0.1) is 0 Å². The normalized spacial score (nSPS) is 11.0. The maximum Gasteiger partial charge on any atom is 0.337 e. The zero-order valence-corrected chi connectivity index (χ0v) is 15.7. The lowest BCUT2D eigenvalue weighted by atomic mass is 10.1. The first-order chi connectivity index (χ1) is 12.6. The number of imidazole rings is 1. The van der Waals surface area contributed by atoms with E-state index < -0.39 is 0 Å². The molecule has 0 saturated carbocycles. The van der Waals surface area contributed by atoms with Gasteiger partial charge in [0, 0.05) is 12.1 Å². The zero-order chi connectivity index (χ0) is 18.7. The Hall–Kier alpha value is -2.53. The van der Waals surface area contributed by atoms with Crippen LogP contribution < -0.4 is 5.73 Å². The number of esters is 1. The van der Waals surface area contributed by atoms with E-state index in [0.717, 1.165) is 48.2 Å². The highest BCUT2D eigenvalue weighted by atomic mass is 35.5. The SMILES string of the molecule is CCCCCn1c(-c2cccc(N)c2Cl)nc2cc(C(=O)OC)ccc21. The summed E-state index contributed by atoms with van der Waals surface area (Å²) in [7, 11) is 1.37. The first-order valence-electron chi connectivity index (χ1n) is 8.69. The average molecular weight is 372 g/mol. The number of hydrogen-bond donors (Lipinski definition) is 1. The number of aromatic nitrogens is 2. The number of halogens is 1. The van der Waals surface area contributed by atoms with Gasteiger partial charge in [-0.15, -0.1) is 0 Å². The molecule has 2 N–H and O–H groups in total. The average Bonchev–Trinajstić information content (AvgIpc) is 3.01. The molecule has 3 aromatic rings. The Morgan fingerprint density at radius 3 is 2.81 bits per heavy atom. The number of anilines is 1. The topological polar surface area (TPSA) is 70.1 Å². The maximum absolute atomic E-state index is 11.8. The monoisotopic (exact) mass is 371 g/mol. The summed E-state index contributed by atoms with van der Waals surface area (Å²) in [6, 6.07) is 11.0. The fourth-order valence-electron chi connectivity index (χ4n) is 3.05. The predicted octanol–water partition coefficient (Wildman–Crippen LogP) is 4.92. The van der Waals surface area contributed by atoms with Gasteiger partial charge < -0.3 is 15.0 Å². The second kappa shape index (κ2) is 7.79. The van der Waals surface area contributed by atoms with E-state index in [2.05, 4.69) is 11.5 Å². The van der Waals surface area contributed by atoms with E-state index in [1.54, 1.807) is 18.2 Å². The lowest BCUT2D eigenvalue weighted by molar-refractivity contribution is 0.0601. The molecule has 0 aliphatic heterocycles. The van der Waals surface area contributed by atoms with Crippen LogP contribution in [0.5, 0.6) is 0 Å². The Morgan fingerprint density at radius 1 is 1.27 bits per heavy atom. The number of hydrogen-bond acceptors (Lipinski definition) is 4. The molecule has 1 heterocycles. The lowest BCUT2D eigenvalue weighted by Gasteiger charge is -2.11. The van der Waals surface area contributed by atoms with Crippen molar-refractivity contribution in [2.45, 2.75) is 32.7 Å². The molecule has 0 aliphatic carbocycles. The van der Waals surface area contributed by atoms with E-state index >= 15 is 0 Å². The summed E-state index contributed by atoms with van der Waals surface area (Å²) < 4.78 is 6.96. The van der Waals surface area contributed by atoms with Crippen molar-refractivity contribution in [2.75, 3.05) is 12.8 Å². The minimum atomic E-state index is -0.379. The maximum atomic E-state index is 11.8. The zero-order valence-electron chi connectivity index (χ0n) is 15.0. The summed E-state index contributed by atoms with van der Waals surface area (Å²) in [5.74, 6) is 0.381. The minimum Gasteiger partial charge on any atom is -0.465 e. The molecule has 5 nitrogen and oxygen atoms in total. The number of methoxy groups -OCH3 is 1. The van der Waals surface area contributed by atoms with Crippen LogP contribution in [-0.2, 0) is 11.3 Å². The summed E-state index contributed by atoms with van der Waals surface area (Å²) >= 11 is 6.44. The van der Waals surface area contributed by atoms with Gasteiger partial charge in [0.25, 0.3) is 0 Å². The fourth-order valence-corrected chi connectivity index (χ4v) is 3.26. The molecule has 0 radical (unpaired) electrons. The molecule has 6 heteroatoms. The Kier molecular flexibility index (Phi) is 5.47. The van der Waals surface area contributed by atoms with Crippen molar-refractivity contribution in [3.05, 3.63) is 47.0 Å². The van der Waals surface area contributed by atoms with Gasteiger partial charge in [-0.3, -0.25) is 0 Å². The van der Waals surface area contributed by atoms with Crippen molar-refractivity contribution in [1.29, 1.82) is 0 Å². The van der Waals surface area contributed by atoms with Crippen molar-refractivity contribution in [2.24, 2.45) is 0 Å². The highest BCUT2D eigenvalue weighted by Gasteiger charge is 2.17. The molecule has 0 saturated heterocycles. The van der Waals surface area contributed by atoms with Crippen LogP contribution in [0.2, 0.25) is 5.02 Å². The van der Waals surface area contributed by atoms with E-state index in [1.165, 1.54) is 7.11 Å². The smallest absolute Gasteiger partial charge is 0.337 e. The van der Waals surface area contributed by atoms with Crippen LogP contribution in [-0.4, -0.2) is 22.6 Å². The van der Waals surface area contributed by atoms with Gasteiger partial charge in [0.15, 0.2) is 0 Å². The van der Waals surface area contributed by atoms with Crippen molar-refractivity contribution in [1.82, 2.24) is 9.55 Å². The molecule has 3 rings (SSSR count). The molecule has 0 bridgehead atoms. The molecule has 136 valence electrons. The van der Waals surface area contributed by atoms with Crippen LogP contribution in [0.4, 0.5) is 5.69 Å². The summed E-state index contributed by atoms with van der Waals surface area (Å²) in [6.45, 7) is 2.99. The van der Waals surface area contributed by atoms with Crippen LogP contribution >= 0.6 is 11.6 Å². The van der Waals surface area contributed by atoms with Gasteiger partial charge in [-0.1, -0.05) is 37.4 Å². The number of nitrogens with zero attached hydrogens (tertiary/aromatic N) is 2. The highest BCUT2D eigenvalue weighted by molar-refractivity contribution is 6.35. The third kappa shape index (κ3) is 3.40.